The summed E-state index contributed by atoms with van der Waals surface area (Å²) in [5.41, 5.74) is 1.10. The van der Waals surface area contributed by atoms with Gasteiger partial charge < -0.3 is 15.2 Å². The van der Waals surface area contributed by atoms with E-state index >= 15 is 0 Å². The molecule has 0 spiro atoms. The molecule has 1 heterocycles. The standard InChI is InChI=1S/C18H28N2O3/c1-23-16-11-15(12-19-13-16)5-6-17(22)20-14-18(9-10-21)7-3-2-4-8-18/h11-13,21H,2-10,14H2,1H3,(H,20,22). The average Bonchev–Trinajstić information content (AvgIpc) is 2.59. The Morgan fingerprint density at radius 1 is 1.35 bits per heavy atom. The SMILES string of the molecule is COc1cncc(CCC(=O)NCC2(CCO)CCCCC2)c1. The van der Waals surface area contributed by atoms with Gasteiger partial charge in [-0.1, -0.05) is 19.3 Å². The van der Waals surface area contributed by atoms with E-state index in [4.69, 9.17) is 4.74 Å². The van der Waals surface area contributed by atoms with Crippen molar-refractivity contribution in [3.63, 3.8) is 0 Å². The minimum atomic E-state index is 0.0655. The molecule has 5 heteroatoms. The van der Waals surface area contributed by atoms with Crippen molar-refractivity contribution in [2.75, 3.05) is 20.3 Å². The van der Waals surface area contributed by atoms with E-state index in [2.05, 4.69) is 10.3 Å². The van der Waals surface area contributed by atoms with E-state index in [-0.39, 0.29) is 17.9 Å². The molecule has 1 fully saturated rings. The molecule has 0 radical (unpaired) electrons. The molecule has 1 aliphatic carbocycles. The number of hydrogen-bond acceptors (Lipinski definition) is 4. The monoisotopic (exact) mass is 320 g/mol. The number of carbonyl (C=O) groups excluding carboxylic acids is 1. The lowest BCUT2D eigenvalue weighted by Gasteiger charge is -2.37. The smallest absolute Gasteiger partial charge is 0.220 e. The molecule has 0 aliphatic heterocycles. The summed E-state index contributed by atoms with van der Waals surface area (Å²) in [6, 6.07) is 1.91. The molecule has 1 amide bonds. The van der Waals surface area contributed by atoms with Crippen LogP contribution in [0.1, 0.15) is 50.5 Å². The average molecular weight is 320 g/mol. The molecule has 1 aliphatic rings. The van der Waals surface area contributed by atoms with Gasteiger partial charge in [0.2, 0.25) is 5.91 Å². The summed E-state index contributed by atoms with van der Waals surface area (Å²) < 4.78 is 5.14. The summed E-state index contributed by atoms with van der Waals surface area (Å²) in [6.45, 7) is 0.883. The third-order valence-electron chi connectivity index (χ3n) is 4.86. The Labute approximate surface area is 138 Å². The van der Waals surface area contributed by atoms with Crippen molar-refractivity contribution in [1.82, 2.24) is 10.3 Å². The first kappa shape index (κ1) is 17.7. The number of aromatic nitrogens is 1. The number of nitrogens with one attached hydrogen (secondary N) is 1. The molecule has 0 bridgehead atoms. The van der Waals surface area contributed by atoms with E-state index in [1.165, 1.54) is 19.3 Å². The molecule has 128 valence electrons. The second-order valence-corrected chi connectivity index (χ2v) is 6.54. The third kappa shape index (κ3) is 5.50. The second kappa shape index (κ2) is 8.87. The van der Waals surface area contributed by atoms with Gasteiger partial charge in [0.25, 0.3) is 0 Å². The zero-order valence-electron chi connectivity index (χ0n) is 14.0. The lowest BCUT2D eigenvalue weighted by molar-refractivity contribution is -0.121. The maximum Gasteiger partial charge on any atom is 0.220 e. The number of aliphatic hydroxyl groups excluding tert-OH is 1. The normalized spacial score (nSPS) is 16.8. The van der Waals surface area contributed by atoms with Gasteiger partial charge in [0.05, 0.1) is 13.3 Å². The molecule has 1 aromatic heterocycles. The van der Waals surface area contributed by atoms with Gasteiger partial charge in [0.1, 0.15) is 5.75 Å². The lowest BCUT2D eigenvalue weighted by Crippen LogP contribution is -2.39. The van der Waals surface area contributed by atoms with E-state index in [9.17, 15) is 9.90 Å². The second-order valence-electron chi connectivity index (χ2n) is 6.54. The van der Waals surface area contributed by atoms with Crippen LogP contribution in [0.25, 0.3) is 0 Å². The topological polar surface area (TPSA) is 71.5 Å². The number of pyridine rings is 1. The number of carbonyl (C=O) groups is 1. The molecule has 5 nitrogen and oxygen atoms in total. The van der Waals surface area contributed by atoms with Crippen molar-refractivity contribution in [2.24, 2.45) is 5.41 Å². The molecule has 23 heavy (non-hydrogen) atoms. The van der Waals surface area contributed by atoms with Crippen LogP contribution in [0.3, 0.4) is 0 Å². The van der Waals surface area contributed by atoms with Crippen molar-refractivity contribution in [3.8, 4) is 5.75 Å². The van der Waals surface area contributed by atoms with Crippen LogP contribution in [-0.2, 0) is 11.2 Å². The highest BCUT2D eigenvalue weighted by Crippen LogP contribution is 2.38. The summed E-state index contributed by atoms with van der Waals surface area (Å²) in [7, 11) is 1.61. The fourth-order valence-corrected chi connectivity index (χ4v) is 3.40. The molecular formula is C18H28N2O3. The molecular weight excluding hydrogens is 292 g/mol. The first-order chi connectivity index (χ1) is 11.2. The van der Waals surface area contributed by atoms with Crippen LogP contribution in [0, 0.1) is 5.41 Å². The number of nitrogens with zero attached hydrogens (tertiary/aromatic N) is 1. The fourth-order valence-electron chi connectivity index (χ4n) is 3.40. The summed E-state index contributed by atoms with van der Waals surface area (Å²) in [4.78, 5) is 16.2. The van der Waals surface area contributed by atoms with Crippen LogP contribution in [-0.4, -0.2) is 36.3 Å². The molecule has 1 aromatic rings. The number of aliphatic hydroxyl groups is 1. The highest BCUT2D eigenvalue weighted by atomic mass is 16.5. The van der Waals surface area contributed by atoms with Gasteiger partial charge in [0, 0.05) is 25.8 Å². The number of aryl methyl sites for hydroxylation is 1. The summed E-state index contributed by atoms with van der Waals surface area (Å²) in [6.07, 6.45) is 11.2. The van der Waals surface area contributed by atoms with Gasteiger partial charge >= 0.3 is 0 Å². The Bertz CT molecular complexity index is 493. The van der Waals surface area contributed by atoms with Gasteiger partial charge in [-0.05, 0) is 42.7 Å². The minimum Gasteiger partial charge on any atom is -0.495 e. The molecule has 1 saturated carbocycles. The molecule has 0 saturated heterocycles. The van der Waals surface area contributed by atoms with Crippen LogP contribution in [0.15, 0.2) is 18.5 Å². The Balaban J connectivity index is 1.79. The zero-order valence-corrected chi connectivity index (χ0v) is 14.0. The van der Waals surface area contributed by atoms with Crippen molar-refractivity contribution in [2.45, 2.75) is 51.4 Å². The van der Waals surface area contributed by atoms with Crippen LogP contribution in [0.4, 0.5) is 0 Å². The molecule has 2 rings (SSSR count). The summed E-state index contributed by atoms with van der Waals surface area (Å²) in [5, 5.41) is 12.4. The molecule has 0 aromatic carbocycles. The Kier molecular flexibility index (Phi) is 6.84. The minimum absolute atomic E-state index is 0.0655. The van der Waals surface area contributed by atoms with E-state index in [0.717, 1.165) is 24.8 Å². The summed E-state index contributed by atoms with van der Waals surface area (Å²) >= 11 is 0. The molecule has 2 N–H and O–H groups in total. The predicted octanol–water partition coefficient (Wildman–Crippen LogP) is 2.47. The van der Waals surface area contributed by atoms with Crippen molar-refractivity contribution in [3.05, 3.63) is 24.0 Å². The van der Waals surface area contributed by atoms with Gasteiger partial charge in [-0.2, -0.15) is 0 Å². The number of methoxy groups -OCH3 is 1. The molecule has 0 unspecified atom stereocenters. The maximum atomic E-state index is 12.1. The number of ether oxygens (including phenoxy) is 1. The number of hydrogen-bond donors (Lipinski definition) is 2. The van der Waals surface area contributed by atoms with Crippen molar-refractivity contribution >= 4 is 5.91 Å². The number of amides is 1. The zero-order chi connectivity index (χ0) is 16.5. The highest BCUT2D eigenvalue weighted by molar-refractivity contribution is 5.76. The van der Waals surface area contributed by atoms with Crippen LogP contribution in [0.5, 0.6) is 5.75 Å². The highest BCUT2D eigenvalue weighted by Gasteiger charge is 2.31. The first-order valence-corrected chi connectivity index (χ1v) is 8.53. The van der Waals surface area contributed by atoms with Gasteiger partial charge in [0.15, 0.2) is 0 Å². The molecule has 0 atom stereocenters. The largest absolute Gasteiger partial charge is 0.495 e. The van der Waals surface area contributed by atoms with Gasteiger partial charge in [-0.3, -0.25) is 9.78 Å². The quantitative estimate of drug-likeness (QED) is 0.772. The van der Waals surface area contributed by atoms with Crippen molar-refractivity contribution in [1.29, 1.82) is 0 Å². The predicted molar refractivity (Wildman–Crippen MR) is 89.3 cm³/mol. The summed E-state index contributed by atoms with van der Waals surface area (Å²) in [5.74, 6) is 0.780. The maximum absolute atomic E-state index is 12.1. The van der Waals surface area contributed by atoms with Gasteiger partial charge in [-0.15, -0.1) is 0 Å². The van der Waals surface area contributed by atoms with E-state index < -0.39 is 0 Å². The van der Waals surface area contributed by atoms with Crippen LogP contribution in [0.2, 0.25) is 0 Å². The van der Waals surface area contributed by atoms with Crippen LogP contribution >= 0.6 is 0 Å². The van der Waals surface area contributed by atoms with E-state index in [0.29, 0.717) is 25.1 Å². The lowest BCUT2D eigenvalue weighted by atomic mass is 9.72. The fraction of sp³-hybridized carbons (Fsp3) is 0.667. The van der Waals surface area contributed by atoms with Crippen molar-refractivity contribution < 1.29 is 14.6 Å². The third-order valence-corrected chi connectivity index (χ3v) is 4.86. The Morgan fingerprint density at radius 2 is 2.13 bits per heavy atom. The van der Waals surface area contributed by atoms with E-state index in [1.807, 2.05) is 6.07 Å². The first-order valence-electron chi connectivity index (χ1n) is 8.53. The van der Waals surface area contributed by atoms with Gasteiger partial charge in [-0.25, -0.2) is 0 Å². The Hall–Kier alpha value is -1.62. The van der Waals surface area contributed by atoms with Crippen LogP contribution < -0.4 is 10.1 Å². The Morgan fingerprint density at radius 3 is 2.83 bits per heavy atom. The number of rotatable bonds is 8. The van der Waals surface area contributed by atoms with E-state index in [1.54, 1.807) is 19.5 Å².